The van der Waals surface area contributed by atoms with Crippen LogP contribution in [-0.4, -0.2) is 50.6 Å². The van der Waals surface area contributed by atoms with Crippen LogP contribution in [0.3, 0.4) is 0 Å². The highest BCUT2D eigenvalue weighted by atomic mass is 79.9. The SMILES string of the molecule is CN=C(NCC1CCN(c2cccc(Br)c2)C1)N1CCCC(C)C1. The number of nitrogens with zero attached hydrogens (tertiary/aromatic N) is 3. The topological polar surface area (TPSA) is 30.9 Å². The Morgan fingerprint density at radius 1 is 1.29 bits per heavy atom. The van der Waals surface area contributed by atoms with Crippen molar-refractivity contribution in [2.45, 2.75) is 26.2 Å². The number of piperidine rings is 1. The second-order valence-electron chi connectivity index (χ2n) is 7.20. The van der Waals surface area contributed by atoms with Gasteiger partial charge in [0.2, 0.25) is 0 Å². The lowest BCUT2D eigenvalue weighted by atomic mass is 10.0. The van der Waals surface area contributed by atoms with E-state index in [1.807, 2.05) is 7.05 Å². The van der Waals surface area contributed by atoms with Crippen molar-refractivity contribution in [2.75, 3.05) is 44.7 Å². The van der Waals surface area contributed by atoms with E-state index in [0.29, 0.717) is 5.92 Å². The minimum Gasteiger partial charge on any atom is -0.371 e. The molecular formula is C19H29BrN4. The molecule has 5 heteroatoms. The Balaban J connectivity index is 1.50. The second-order valence-corrected chi connectivity index (χ2v) is 8.12. The number of likely N-dealkylation sites (tertiary alicyclic amines) is 1. The molecule has 1 aromatic rings. The summed E-state index contributed by atoms with van der Waals surface area (Å²) in [5.74, 6) is 2.54. The molecule has 2 heterocycles. The molecule has 0 spiro atoms. The van der Waals surface area contributed by atoms with Crippen LogP contribution in [0.4, 0.5) is 5.69 Å². The minimum atomic E-state index is 0.683. The van der Waals surface area contributed by atoms with Gasteiger partial charge in [0.1, 0.15) is 0 Å². The van der Waals surface area contributed by atoms with E-state index in [1.54, 1.807) is 0 Å². The quantitative estimate of drug-likeness (QED) is 0.629. The normalized spacial score (nSPS) is 25.2. The Bertz CT molecular complexity index is 574. The fourth-order valence-corrected chi connectivity index (χ4v) is 4.24. The van der Waals surface area contributed by atoms with Gasteiger partial charge in [-0.1, -0.05) is 28.9 Å². The summed E-state index contributed by atoms with van der Waals surface area (Å²) in [6.07, 6.45) is 3.87. The monoisotopic (exact) mass is 392 g/mol. The van der Waals surface area contributed by atoms with Gasteiger partial charge in [0.25, 0.3) is 0 Å². The molecular weight excluding hydrogens is 364 g/mol. The van der Waals surface area contributed by atoms with Crippen molar-refractivity contribution in [1.82, 2.24) is 10.2 Å². The summed E-state index contributed by atoms with van der Waals surface area (Å²) in [4.78, 5) is 9.42. The standard InChI is InChI=1S/C19H29BrN4/c1-15-5-4-9-24(13-15)19(21-2)22-12-16-8-10-23(14-16)18-7-3-6-17(20)11-18/h3,6-7,11,15-16H,4-5,8-10,12-14H2,1-2H3,(H,21,22). The number of hydrogen-bond donors (Lipinski definition) is 1. The Morgan fingerprint density at radius 2 is 2.17 bits per heavy atom. The van der Waals surface area contributed by atoms with E-state index >= 15 is 0 Å². The van der Waals surface area contributed by atoms with Crippen molar-refractivity contribution in [3.8, 4) is 0 Å². The van der Waals surface area contributed by atoms with Crippen molar-refractivity contribution in [3.63, 3.8) is 0 Å². The zero-order valence-corrected chi connectivity index (χ0v) is 16.4. The molecule has 2 aliphatic rings. The van der Waals surface area contributed by atoms with E-state index in [0.717, 1.165) is 49.1 Å². The number of benzene rings is 1. The highest BCUT2D eigenvalue weighted by Crippen LogP contribution is 2.26. The van der Waals surface area contributed by atoms with E-state index in [9.17, 15) is 0 Å². The number of aliphatic imine (C=N–C) groups is 1. The molecule has 3 rings (SSSR count). The molecule has 0 amide bonds. The summed E-state index contributed by atoms with van der Waals surface area (Å²) in [5, 5.41) is 3.63. The van der Waals surface area contributed by atoms with Crippen LogP contribution in [0, 0.1) is 11.8 Å². The third kappa shape index (κ3) is 4.44. The van der Waals surface area contributed by atoms with Crippen molar-refractivity contribution >= 4 is 27.6 Å². The molecule has 132 valence electrons. The van der Waals surface area contributed by atoms with Crippen LogP contribution in [0.5, 0.6) is 0 Å². The predicted molar refractivity (Wildman–Crippen MR) is 106 cm³/mol. The largest absolute Gasteiger partial charge is 0.371 e. The fraction of sp³-hybridized carbons (Fsp3) is 0.632. The predicted octanol–water partition coefficient (Wildman–Crippen LogP) is 3.58. The summed E-state index contributed by atoms with van der Waals surface area (Å²) in [6.45, 7) is 7.89. The first-order valence-electron chi connectivity index (χ1n) is 9.12. The van der Waals surface area contributed by atoms with Crippen LogP contribution in [-0.2, 0) is 0 Å². The van der Waals surface area contributed by atoms with Crippen molar-refractivity contribution in [2.24, 2.45) is 16.8 Å². The molecule has 0 saturated carbocycles. The Morgan fingerprint density at radius 3 is 2.92 bits per heavy atom. The highest BCUT2D eigenvalue weighted by Gasteiger charge is 2.24. The van der Waals surface area contributed by atoms with E-state index in [-0.39, 0.29) is 0 Å². The molecule has 24 heavy (non-hydrogen) atoms. The molecule has 2 aliphatic heterocycles. The minimum absolute atomic E-state index is 0.683. The van der Waals surface area contributed by atoms with Crippen LogP contribution >= 0.6 is 15.9 Å². The summed E-state index contributed by atoms with van der Waals surface area (Å²) < 4.78 is 1.15. The number of hydrogen-bond acceptors (Lipinski definition) is 2. The van der Waals surface area contributed by atoms with E-state index < -0.39 is 0 Å². The van der Waals surface area contributed by atoms with Crippen LogP contribution in [0.15, 0.2) is 33.7 Å². The Labute approximate surface area is 154 Å². The average molecular weight is 393 g/mol. The average Bonchev–Trinajstić information content (AvgIpc) is 3.05. The summed E-state index contributed by atoms with van der Waals surface area (Å²) in [6, 6.07) is 8.62. The number of nitrogens with one attached hydrogen (secondary N) is 1. The van der Waals surface area contributed by atoms with Crippen LogP contribution < -0.4 is 10.2 Å². The van der Waals surface area contributed by atoms with Crippen LogP contribution in [0.25, 0.3) is 0 Å². The highest BCUT2D eigenvalue weighted by molar-refractivity contribution is 9.10. The van der Waals surface area contributed by atoms with E-state index in [1.165, 1.54) is 24.9 Å². The Hall–Kier alpha value is -1.23. The van der Waals surface area contributed by atoms with E-state index in [4.69, 9.17) is 0 Å². The van der Waals surface area contributed by atoms with Crippen molar-refractivity contribution in [3.05, 3.63) is 28.7 Å². The maximum atomic E-state index is 4.51. The molecule has 0 radical (unpaired) electrons. The molecule has 0 aromatic heterocycles. The number of halogens is 1. The summed E-state index contributed by atoms with van der Waals surface area (Å²) >= 11 is 3.57. The van der Waals surface area contributed by atoms with Crippen molar-refractivity contribution < 1.29 is 0 Å². The molecule has 2 atom stereocenters. The smallest absolute Gasteiger partial charge is 0.193 e. The molecule has 2 saturated heterocycles. The van der Waals surface area contributed by atoms with Gasteiger partial charge in [-0.2, -0.15) is 0 Å². The molecule has 0 bridgehead atoms. The third-order valence-electron chi connectivity index (χ3n) is 5.18. The first-order valence-corrected chi connectivity index (χ1v) is 9.91. The molecule has 1 aromatic carbocycles. The van der Waals surface area contributed by atoms with Gasteiger partial charge < -0.3 is 15.1 Å². The molecule has 0 aliphatic carbocycles. The third-order valence-corrected chi connectivity index (χ3v) is 5.67. The van der Waals surface area contributed by atoms with Gasteiger partial charge in [0.05, 0.1) is 0 Å². The maximum absolute atomic E-state index is 4.51. The van der Waals surface area contributed by atoms with Crippen LogP contribution in [0.1, 0.15) is 26.2 Å². The molecule has 1 N–H and O–H groups in total. The van der Waals surface area contributed by atoms with Gasteiger partial charge in [-0.25, -0.2) is 0 Å². The lowest BCUT2D eigenvalue weighted by Crippen LogP contribution is -2.47. The number of rotatable bonds is 3. The maximum Gasteiger partial charge on any atom is 0.193 e. The first-order chi connectivity index (χ1) is 11.7. The van der Waals surface area contributed by atoms with Gasteiger partial charge in [-0.15, -0.1) is 0 Å². The van der Waals surface area contributed by atoms with Gasteiger partial charge in [-0.3, -0.25) is 4.99 Å². The zero-order valence-electron chi connectivity index (χ0n) is 14.8. The molecule has 2 unspecified atom stereocenters. The first kappa shape index (κ1) is 17.6. The van der Waals surface area contributed by atoms with Crippen LogP contribution in [0.2, 0.25) is 0 Å². The second kappa shape index (κ2) is 8.24. The van der Waals surface area contributed by atoms with Gasteiger partial charge in [-0.05, 0) is 49.3 Å². The molecule has 4 nitrogen and oxygen atoms in total. The summed E-state index contributed by atoms with van der Waals surface area (Å²) in [7, 11) is 1.91. The van der Waals surface area contributed by atoms with Crippen molar-refractivity contribution in [1.29, 1.82) is 0 Å². The molecule has 2 fully saturated rings. The lowest BCUT2D eigenvalue weighted by Gasteiger charge is -2.34. The summed E-state index contributed by atoms with van der Waals surface area (Å²) in [5.41, 5.74) is 1.32. The number of anilines is 1. The van der Waals surface area contributed by atoms with Gasteiger partial charge in [0.15, 0.2) is 5.96 Å². The fourth-order valence-electron chi connectivity index (χ4n) is 3.86. The lowest BCUT2D eigenvalue weighted by molar-refractivity contribution is 0.265. The van der Waals surface area contributed by atoms with E-state index in [2.05, 4.69) is 67.2 Å². The van der Waals surface area contributed by atoms with Gasteiger partial charge >= 0.3 is 0 Å². The van der Waals surface area contributed by atoms with Gasteiger partial charge in [0, 0.05) is 49.9 Å². The zero-order chi connectivity index (χ0) is 16.9. The number of guanidine groups is 1. The Kier molecular flexibility index (Phi) is 6.04.